The molecule has 0 saturated carbocycles. The highest BCUT2D eigenvalue weighted by atomic mass is 32.1. The molecule has 1 atom stereocenters. The molecule has 8 heteroatoms. The van der Waals surface area contributed by atoms with Gasteiger partial charge in [-0.2, -0.15) is 5.10 Å². The van der Waals surface area contributed by atoms with Gasteiger partial charge in [-0.25, -0.2) is 9.97 Å². The number of thiazole rings is 1. The molecule has 3 aromatic rings. The third-order valence-electron chi connectivity index (χ3n) is 4.44. The Balaban J connectivity index is 1.45. The summed E-state index contributed by atoms with van der Waals surface area (Å²) in [4.78, 5) is 23.5. The Labute approximate surface area is 161 Å². The maximum absolute atomic E-state index is 12.7. The zero-order valence-electron chi connectivity index (χ0n) is 14.9. The van der Waals surface area contributed by atoms with Crippen LogP contribution in [0.5, 0.6) is 0 Å². The summed E-state index contributed by atoms with van der Waals surface area (Å²) in [5.74, 6) is 0.769. The summed E-state index contributed by atoms with van der Waals surface area (Å²) in [5, 5.41) is 10.1. The largest absolute Gasteiger partial charge is 0.331 e. The molecule has 1 saturated heterocycles. The minimum absolute atomic E-state index is 0.00795. The van der Waals surface area contributed by atoms with E-state index in [0.29, 0.717) is 0 Å². The van der Waals surface area contributed by atoms with Crippen molar-refractivity contribution in [1.82, 2.24) is 24.6 Å². The fourth-order valence-corrected chi connectivity index (χ4v) is 3.93. The molecule has 0 aliphatic carbocycles. The average molecular weight is 380 g/mol. The summed E-state index contributed by atoms with van der Waals surface area (Å²) in [5.41, 5.74) is 1.84. The zero-order valence-corrected chi connectivity index (χ0v) is 15.8. The minimum atomic E-state index is 0.00795. The van der Waals surface area contributed by atoms with E-state index in [0.717, 1.165) is 41.6 Å². The van der Waals surface area contributed by atoms with Crippen LogP contribution in [0.4, 0.5) is 10.9 Å². The number of pyridine rings is 1. The number of amides is 1. The number of rotatable bonds is 5. The van der Waals surface area contributed by atoms with Crippen LogP contribution in [-0.2, 0) is 11.8 Å². The summed E-state index contributed by atoms with van der Waals surface area (Å²) in [6, 6.07) is 5.72. The number of anilines is 2. The summed E-state index contributed by atoms with van der Waals surface area (Å²) >= 11 is 1.53. The van der Waals surface area contributed by atoms with Gasteiger partial charge in [0.1, 0.15) is 5.82 Å². The monoisotopic (exact) mass is 380 g/mol. The highest BCUT2D eigenvalue weighted by Gasteiger charge is 2.30. The lowest BCUT2D eigenvalue weighted by atomic mass is 10.1. The summed E-state index contributed by atoms with van der Waals surface area (Å²) < 4.78 is 1.72. The van der Waals surface area contributed by atoms with E-state index in [4.69, 9.17) is 0 Å². The van der Waals surface area contributed by atoms with Crippen molar-refractivity contribution in [1.29, 1.82) is 0 Å². The quantitative estimate of drug-likeness (QED) is 0.687. The van der Waals surface area contributed by atoms with Crippen LogP contribution < -0.4 is 5.32 Å². The number of nitrogens with one attached hydrogen (secondary N) is 1. The Morgan fingerprint density at radius 1 is 1.41 bits per heavy atom. The van der Waals surface area contributed by atoms with Crippen molar-refractivity contribution >= 4 is 34.3 Å². The first-order chi connectivity index (χ1) is 13.2. The molecule has 0 aromatic carbocycles. The lowest BCUT2D eigenvalue weighted by molar-refractivity contribution is -0.126. The lowest BCUT2D eigenvalue weighted by Gasteiger charge is -2.21. The third-order valence-corrected chi connectivity index (χ3v) is 5.22. The molecule has 0 unspecified atom stereocenters. The van der Waals surface area contributed by atoms with Crippen molar-refractivity contribution in [3.8, 4) is 0 Å². The molecule has 7 nitrogen and oxygen atoms in total. The van der Waals surface area contributed by atoms with E-state index < -0.39 is 0 Å². The molecule has 0 radical (unpaired) electrons. The highest BCUT2D eigenvalue weighted by Crippen LogP contribution is 2.34. The second kappa shape index (κ2) is 7.71. The summed E-state index contributed by atoms with van der Waals surface area (Å²) in [6.45, 7) is 0.751. The molecule has 1 aliphatic heterocycles. The number of aromatic nitrogens is 4. The van der Waals surface area contributed by atoms with Gasteiger partial charge in [0.05, 0.1) is 17.9 Å². The number of likely N-dealkylation sites (tertiary alicyclic amines) is 1. The maximum atomic E-state index is 12.7. The molecule has 1 fully saturated rings. The molecule has 3 aromatic heterocycles. The number of nitrogens with zero attached hydrogens (tertiary/aromatic N) is 5. The van der Waals surface area contributed by atoms with Gasteiger partial charge in [0.25, 0.3) is 0 Å². The molecule has 0 spiro atoms. The first kappa shape index (κ1) is 17.4. The average Bonchev–Trinajstić information content (AvgIpc) is 3.41. The van der Waals surface area contributed by atoms with E-state index in [1.165, 1.54) is 11.3 Å². The molecule has 1 amide bonds. The molecule has 1 aliphatic rings. The highest BCUT2D eigenvalue weighted by molar-refractivity contribution is 7.13. The zero-order chi connectivity index (χ0) is 18.6. The van der Waals surface area contributed by atoms with E-state index in [-0.39, 0.29) is 11.9 Å². The van der Waals surface area contributed by atoms with Gasteiger partial charge < -0.3 is 10.2 Å². The second-order valence-electron chi connectivity index (χ2n) is 6.39. The van der Waals surface area contributed by atoms with Gasteiger partial charge in [0.15, 0.2) is 5.13 Å². The predicted molar refractivity (Wildman–Crippen MR) is 106 cm³/mol. The molecular formula is C19H20N6OS. The van der Waals surface area contributed by atoms with Gasteiger partial charge in [-0.3, -0.25) is 9.48 Å². The van der Waals surface area contributed by atoms with Crippen molar-refractivity contribution in [3.63, 3.8) is 0 Å². The van der Waals surface area contributed by atoms with Crippen LogP contribution in [0.3, 0.4) is 0 Å². The predicted octanol–water partition coefficient (Wildman–Crippen LogP) is 3.39. The number of aryl methyl sites for hydroxylation is 1. The van der Waals surface area contributed by atoms with E-state index in [2.05, 4.69) is 20.4 Å². The van der Waals surface area contributed by atoms with Gasteiger partial charge in [0, 0.05) is 43.0 Å². The molecule has 138 valence electrons. The Hall–Kier alpha value is -3.00. The normalized spacial score (nSPS) is 16.9. The Morgan fingerprint density at radius 2 is 2.33 bits per heavy atom. The van der Waals surface area contributed by atoms with Gasteiger partial charge in [0.2, 0.25) is 5.91 Å². The smallest absolute Gasteiger partial charge is 0.247 e. The molecule has 0 bridgehead atoms. The van der Waals surface area contributed by atoms with E-state index in [1.54, 1.807) is 29.2 Å². The van der Waals surface area contributed by atoms with Crippen LogP contribution in [0.25, 0.3) is 6.08 Å². The molecular weight excluding hydrogens is 360 g/mol. The summed E-state index contributed by atoms with van der Waals surface area (Å²) in [7, 11) is 1.86. The lowest BCUT2D eigenvalue weighted by Crippen LogP contribution is -2.29. The first-order valence-electron chi connectivity index (χ1n) is 8.80. The van der Waals surface area contributed by atoms with Crippen LogP contribution in [0.2, 0.25) is 0 Å². The van der Waals surface area contributed by atoms with E-state index in [1.807, 2.05) is 41.7 Å². The van der Waals surface area contributed by atoms with Gasteiger partial charge in [-0.05, 0) is 31.1 Å². The molecule has 4 heterocycles. The standard InChI is InChI=1S/C19H20N6OS/c1-24-12-14(11-21-24)7-8-18(26)25-10-4-5-16(25)15-13-27-19(22-15)23-17-6-2-3-9-20-17/h2-3,6-9,11-13,16H,4-5,10H2,1H3,(H,20,22,23)/b8-7+/t16-/m0/s1. The Kier molecular flexibility index (Phi) is 4.97. The number of hydrogen-bond acceptors (Lipinski definition) is 6. The Bertz CT molecular complexity index is 948. The van der Waals surface area contributed by atoms with Crippen LogP contribution in [-0.4, -0.2) is 37.1 Å². The van der Waals surface area contributed by atoms with Crippen molar-refractivity contribution in [2.24, 2.45) is 7.05 Å². The van der Waals surface area contributed by atoms with Crippen LogP contribution >= 0.6 is 11.3 Å². The summed E-state index contributed by atoms with van der Waals surface area (Å²) in [6.07, 6.45) is 10.7. The maximum Gasteiger partial charge on any atom is 0.247 e. The number of carbonyl (C=O) groups is 1. The molecule has 4 rings (SSSR count). The molecule has 27 heavy (non-hydrogen) atoms. The van der Waals surface area contributed by atoms with Gasteiger partial charge >= 0.3 is 0 Å². The van der Waals surface area contributed by atoms with Gasteiger partial charge in [-0.15, -0.1) is 11.3 Å². The minimum Gasteiger partial charge on any atom is -0.331 e. The fraction of sp³-hybridized carbons (Fsp3) is 0.263. The second-order valence-corrected chi connectivity index (χ2v) is 7.25. The van der Waals surface area contributed by atoms with Crippen molar-refractivity contribution in [3.05, 3.63) is 59.5 Å². The van der Waals surface area contributed by atoms with E-state index in [9.17, 15) is 4.79 Å². The number of carbonyl (C=O) groups excluding carboxylic acids is 1. The first-order valence-corrected chi connectivity index (χ1v) is 9.68. The van der Waals surface area contributed by atoms with Crippen LogP contribution in [0.15, 0.2) is 48.2 Å². The van der Waals surface area contributed by atoms with Gasteiger partial charge in [-0.1, -0.05) is 6.07 Å². The SMILES string of the molecule is Cn1cc(/C=C/C(=O)N2CCC[C@H]2c2csc(Nc3ccccn3)n2)cn1. The van der Waals surface area contributed by atoms with Crippen molar-refractivity contribution in [2.75, 3.05) is 11.9 Å². The van der Waals surface area contributed by atoms with Crippen LogP contribution in [0, 0.1) is 0 Å². The van der Waals surface area contributed by atoms with Crippen molar-refractivity contribution < 1.29 is 4.79 Å². The number of hydrogen-bond donors (Lipinski definition) is 1. The fourth-order valence-electron chi connectivity index (χ4n) is 3.17. The van der Waals surface area contributed by atoms with Crippen LogP contribution in [0.1, 0.15) is 30.1 Å². The van der Waals surface area contributed by atoms with Crippen molar-refractivity contribution in [2.45, 2.75) is 18.9 Å². The molecule has 1 N–H and O–H groups in total. The van der Waals surface area contributed by atoms with E-state index >= 15 is 0 Å². The third kappa shape index (κ3) is 4.06. The Morgan fingerprint density at radius 3 is 3.11 bits per heavy atom. The topological polar surface area (TPSA) is 75.9 Å².